The predicted octanol–water partition coefficient (Wildman–Crippen LogP) is 1.53. The molecule has 1 aliphatic rings. The first-order chi connectivity index (χ1) is 12.2. The van der Waals surface area contributed by atoms with Crippen LogP contribution < -0.4 is 16.0 Å². The van der Waals surface area contributed by atoms with Gasteiger partial charge in [-0.1, -0.05) is 29.3 Å². The highest BCUT2D eigenvalue weighted by molar-refractivity contribution is 7.91. The van der Waals surface area contributed by atoms with Gasteiger partial charge in [0.15, 0.2) is 9.84 Å². The Kier molecular flexibility index (Phi) is 7.14. The SMILES string of the molecule is C[C@H](NC(=O)NC1CCS(=O)(=O)C1)C(=O)NCCc1ccc(Cl)cc1Cl. The van der Waals surface area contributed by atoms with E-state index >= 15 is 0 Å². The van der Waals surface area contributed by atoms with E-state index in [0.29, 0.717) is 29.4 Å². The van der Waals surface area contributed by atoms with Crippen molar-refractivity contribution < 1.29 is 18.0 Å². The van der Waals surface area contributed by atoms with Crippen molar-refractivity contribution >= 4 is 45.0 Å². The minimum atomic E-state index is -3.07. The summed E-state index contributed by atoms with van der Waals surface area (Å²) in [5.41, 5.74) is 0.858. The largest absolute Gasteiger partial charge is 0.354 e. The fraction of sp³-hybridized carbons (Fsp3) is 0.500. The Bertz CT molecular complexity index is 786. The van der Waals surface area contributed by atoms with Crippen LogP contribution in [0.2, 0.25) is 10.0 Å². The average molecular weight is 422 g/mol. The molecular weight excluding hydrogens is 401 g/mol. The Morgan fingerprint density at radius 1 is 1.31 bits per heavy atom. The molecule has 0 aliphatic carbocycles. The van der Waals surface area contributed by atoms with E-state index in [2.05, 4.69) is 16.0 Å². The van der Waals surface area contributed by atoms with Gasteiger partial charge in [-0.25, -0.2) is 13.2 Å². The lowest BCUT2D eigenvalue weighted by molar-refractivity contribution is -0.122. The molecule has 1 aliphatic heterocycles. The van der Waals surface area contributed by atoms with Crippen molar-refractivity contribution in [2.75, 3.05) is 18.1 Å². The molecule has 26 heavy (non-hydrogen) atoms. The first-order valence-electron chi connectivity index (χ1n) is 8.15. The van der Waals surface area contributed by atoms with E-state index in [9.17, 15) is 18.0 Å². The smallest absolute Gasteiger partial charge is 0.315 e. The third-order valence-electron chi connectivity index (χ3n) is 4.02. The summed E-state index contributed by atoms with van der Waals surface area (Å²) in [6.45, 7) is 1.91. The molecule has 1 heterocycles. The standard InChI is InChI=1S/C16H21Cl2N3O4S/c1-10(20-16(23)21-13-5-7-26(24,25)9-13)15(22)19-6-4-11-2-3-12(17)8-14(11)18/h2-3,8,10,13H,4-7,9H2,1H3,(H,19,22)(H2,20,21,23)/t10-,13?/m0/s1. The minimum Gasteiger partial charge on any atom is -0.354 e. The zero-order valence-electron chi connectivity index (χ0n) is 14.2. The van der Waals surface area contributed by atoms with Gasteiger partial charge in [0.2, 0.25) is 5.91 Å². The monoisotopic (exact) mass is 421 g/mol. The van der Waals surface area contributed by atoms with Crippen molar-refractivity contribution in [3.8, 4) is 0 Å². The van der Waals surface area contributed by atoms with E-state index in [4.69, 9.17) is 23.2 Å². The predicted molar refractivity (Wildman–Crippen MR) is 101 cm³/mol. The molecule has 10 heteroatoms. The van der Waals surface area contributed by atoms with Crippen molar-refractivity contribution in [3.05, 3.63) is 33.8 Å². The summed E-state index contributed by atoms with van der Waals surface area (Å²) in [6, 6.07) is 3.42. The van der Waals surface area contributed by atoms with Gasteiger partial charge >= 0.3 is 6.03 Å². The van der Waals surface area contributed by atoms with E-state index in [1.54, 1.807) is 25.1 Å². The first kappa shape index (κ1) is 20.8. The molecule has 2 atom stereocenters. The second kappa shape index (κ2) is 8.92. The molecule has 3 amide bonds. The van der Waals surface area contributed by atoms with Crippen LogP contribution in [0.25, 0.3) is 0 Å². The molecule has 0 aromatic heterocycles. The van der Waals surface area contributed by atoms with Gasteiger partial charge in [0, 0.05) is 22.6 Å². The summed E-state index contributed by atoms with van der Waals surface area (Å²) < 4.78 is 22.8. The molecule has 1 saturated heterocycles. The highest BCUT2D eigenvalue weighted by Crippen LogP contribution is 2.21. The number of hydrogen-bond acceptors (Lipinski definition) is 4. The van der Waals surface area contributed by atoms with Crippen LogP contribution in [0.4, 0.5) is 4.79 Å². The van der Waals surface area contributed by atoms with Crippen LogP contribution in [0.1, 0.15) is 18.9 Å². The molecule has 7 nitrogen and oxygen atoms in total. The molecule has 2 rings (SSSR count). The Labute approximate surface area is 162 Å². The quantitative estimate of drug-likeness (QED) is 0.647. The molecule has 0 radical (unpaired) electrons. The number of hydrogen-bond donors (Lipinski definition) is 3. The van der Waals surface area contributed by atoms with Crippen LogP contribution >= 0.6 is 23.2 Å². The summed E-state index contributed by atoms with van der Waals surface area (Å²) in [6.07, 6.45) is 0.915. The second-order valence-corrected chi connectivity index (χ2v) is 9.29. The van der Waals surface area contributed by atoms with E-state index in [1.807, 2.05) is 0 Å². The van der Waals surface area contributed by atoms with Crippen molar-refractivity contribution in [2.24, 2.45) is 0 Å². The number of urea groups is 1. The summed E-state index contributed by atoms with van der Waals surface area (Å²) in [5.74, 6) is -0.339. The van der Waals surface area contributed by atoms with Gasteiger partial charge in [-0.05, 0) is 37.5 Å². The Balaban J connectivity index is 1.72. The maximum absolute atomic E-state index is 12.0. The second-order valence-electron chi connectivity index (χ2n) is 6.22. The van der Waals surface area contributed by atoms with Crippen LogP contribution in [-0.2, 0) is 21.1 Å². The van der Waals surface area contributed by atoms with Crippen molar-refractivity contribution in [3.63, 3.8) is 0 Å². The molecule has 3 N–H and O–H groups in total. The van der Waals surface area contributed by atoms with Gasteiger partial charge in [-0.15, -0.1) is 0 Å². The van der Waals surface area contributed by atoms with Crippen molar-refractivity contribution in [1.82, 2.24) is 16.0 Å². The first-order valence-corrected chi connectivity index (χ1v) is 10.7. The maximum Gasteiger partial charge on any atom is 0.315 e. The van der Waals surface area contributed by atoms with Crippen molar-refractivity contribution in [2.45, 2.75) is 31.8 Å². The van der Waals surface area contributed by atoms with Crippen LogP contribution in [0.3, 0.4) is 0 Å². The summed E-state index contributed by atoms with van der Waals surface area (Å²) in [5, 5.41) is 8.87. The van der Waals surface area contributed by atoms with Gasteiger partial charge < -0.3 is 16.0 Å². The number of benzene rings is 1. The lowest BCUT2D eigenvalue weighted by Gasteiger charge is -2.17. The van der Waals surface area contributed by atoms with Crippen LogP contribution in [0, 0.1) is 0 Å². The highest BCUT2D eigenvalue weighted by Gasteiger charge is 2.29. The molecule has 1 unspecified atom stereocenters. The number of carbonyl (C=O) groups is 2. The summed E-state index contributed by atoms with van der Waals surface area (Å²) >= 11 is 11.9. The van der Waals surface area contributed by atoms with Crippen LogP contribution in [0.5, 0.6) is 0 Å². The zero-order valence-corrected chi connectivity index (χ0v) is 16.5. The number of rotatable bonds is 6. The zero-order chi connectivity index (χ0) is 19.3. The fourth-order valence-corrected chi connectivity index (χ4v) is 4.77. The molecule has 0 saturated carbocycles. The van der Waals surface area contributed by atoms with Gasteiger partial charge in [0.05, 0.1) is 11.5 Å². The Morgan fingerprint density at radius 3 is 2.65 bits per heavy atom. The van der Waals surface area contributed by atoms with Gasteiger partial charge in [-0.3, -0.25) is 4.79 Å². The summed E-state index contributed by atoms with van der Waals surface area (Å²) in [4.78, 5) is 23.9. The fourth-order valence-electron chi connectivity index (χ4n) is 2.60. The number of carbonyl (C=O) groups excluding carboxylic acids is 2. The maximum atomic E-state index is 12.0. The van der Waals surface area contributed by atoms with Gasteiger partial charge in [-0.2, -0.15) is 0 Å². The van der Waals surface area contributed by atoms with E-state index in [-0.39, 0.29) is 17.4 Å². The molecule has 1 aromatic carbocycles. The van der Waals surface area contributed by atoms with Crippen molar-refractivity contribution in [1.29, 1.82) is 0 Å². The number of nitrogens with one attached hydrogen (secondary N) is 3. The Morgan fingerprint density at radius 2 is 2.04 bits per heavy atom. The Hall–Kier alpha value is -1.51. The third-order valence-corrected chi connectivity index (χ3v) is 6.37. The molecule has 1 fully saturated rings. The van der Waals surface area contributed by atoms with Gasteiger partial charge in [0.1, 0.15) is 6.04 Å². The molecular formula is C16H21Cl2N3O4S. The summed E-state index contributed by atoms with van der Waals surface area (Å²) in [7, 11) is -3.07. The third kappa shape index (κ3) is 6.34. The lowest BCUT2D eigenvalue weighted by Crippen LogP contribution is -2.51. The normalized spacial score (nSPS) is 19.6. The molecule has 144 valence electrons. The number of sulfone groups is 1. The van der Waals surface area contributed by atoms with Gasteiger partial charge in [0.25, 0.3) is 0 Å². The molecule has 0 spiro atoms. The average Bonchev–Trinajstić information content (AvgIpc) is 2.87. The van der Waals surface area contributed by atoms with E-state index < -0.39 is 28.0 Å². The molecule has 0 bridgehead atoms. The van der Waals surface area contributed by atoms with E-state index in [0.717, 1.165) is 5.56 Å². The number of halogens is 2. The molecule has 1 aromatic rings. The highest BCUT2D eigenvalue weighted by atomic mass is 35.5. The lowest BCUT2D eigenvalue weighted by atomic mass is 10.1. The van der Waals surface area contributed by atoms with Crippen LogP contribution in [-0.4, -0.2) is 50.5 Å². The van der Waals surface area contributed by atoms with E-state index in [1.165, 1.54) is 0 Å². The van der Waals surface area contributed by atoms with Crippen LogP contribution in [0.15, 0.2) is 18.2 Å². The minimum absolute atomic E-state index is 0.0666. The topological polar surface area (TPSA) is 104 Å². The number of amides is 3.